The molecule has 0 radical (unpaired) electrons. The van der Waals surface area contributed by atoms with Gasteiger partial charge in [0.1, 0.15) is 6.10 Å². The van der Waals surface area contributed by atoms with Crippen LogP contribution in [0.25, 0.3) is 0 Å². The summed E-state index contributed by atoms with van der Waals surface area (Å²) in [5.74, 6) is 0.917. The molecular formula is C23H31N3O2. The highest BCUT2D eigenvalue weighted by atomic mass is 16.5. The molecule has 2 aromatic rings. The Labute approximate surface area is 168 Å². The van der Waals surface area contributed by atoms with Crippen LogP contribution in [0.5, 0.6) is 0 Å². The van der Waals surface area contributed by atoms with Crippen molar-refractivity contribution in [3.8, 4) is 0 Å². The van der Waals surface area contributed by atoms with E-state index in [1.54, 1.807) is 0 Å². The highest BCUT2D eigenvalue weighted by molar-refractivity contribution is 5.80. The average molecular weight is 382 g/mol. The molecule has 1 heterocycles. The van der Waals surface area contributed by atoms with Crippen LogP contribution >= 0.6 is 0 Å². The fourth-order valence-corrected chi connectivity index (χ4v) is 3.46. The van der Waals surface area contributed by atoms with E-state index in [1.165, 1.54) is 22.3 Å². The highest BCUT2D eigenvalue weighted by Gasteiger charge is 2.25. The maximum Gasteiger partial charge on any atom is 0.194 e. The van der Waals surface area contributed by atoms with Gasteiger partial charge in [0.05, 0.1) is 19.8 Å². The van der Waals surface area contributed by atoms with Crippen LogP contribution in [0.1, 0.15) is 35.3 Å². The molecule has 0 saturated carbocycles. The van der Waals surface area contributed by atoms with Crippen LogP contribution in [-0.4, -0.2) is 44.2 Å². The molecule has 0 amide bonds. The Morgan fingerprint density at radius 2 is 1.93 bits per heavy atom. The van der Waals surface area contributed by atoms with E-state index in [1.807, 2.05) is 14.0 Å². The van der Waals surface area contributed by atoms with Crippen LogP contribution in [0.2, 0.25) is 0 Å². The zero-order valence-electron chi connectivity index (χ0n) is 17.1. The van der Waals surface area contributed by atoms with Crippen LogP contribution in [0, 0.1) is 6.92 Å². The Morgan fingerprint density at radius 3 is 2.64 bits per heavy atom. The third-order valence-corrected chi connectivity index (χ3v) is 5.06. The number of hydrogen-bond acceptors (Lipinski definition) is 3. The fraction of sp³-hybridized carbons (Fsp3) is 0.435. The minimum atomic E-state index is 0.0753. The summed E-state index contributed by atoms with van der Waals surface area (Å²) in [5.41, 5.74) is 4.95. The molecule has 0 aromatic heterocycles. The van der Waals surface area contributed by atoms with E-state index in [0.29, 0.717) is 13.2 Å². The van der Waals surface area contributed by atoms with Gasteiger partial charge in [-0.05, 0) is 36.1 Å². The Balaban J connectivity index is 1.58. The predicted molar refractivity (Wildman–Crippen MR) is 113 cm³/mol. The van der Waals surface area contributed by atoms with E-state index in [-0.39, 0.29) is 6.10 Å². The molecule has 3 rings (SSSR count). The third-order valence-electron chi connectivity index (χ3n) is 5.06. The van der Waals surface area contributed by atoms with Crippen molar-refractivity contribution >= 4 is 5.96 Å². The lowest BCUT2D eigenvalue weighted by Crippen LogP contribution is -2.48. The summed E-state index contributed by atoms with van der Waals surface area (Å²) in [4.78, 5) is 6.77. The Morgan fingerprint density at radius 1 is 1.18 bits per heavy atom. The molecule has 0 spiro atoms. The van der Waals surface area contributed by atoms with Gasteiger partial charge in [-0.3, -0.25) is 4.99 Å². The molecule has 0 aliphatic carbocycles. The molecule has 150 valence electrons. The van der Waals surface area contributed by atoms with Gasteiger partial charge in [0, 0.05) is 26.7 Å². The lowest BCUT2D eigenvalue weighted by Gasteiger charge is -2.35. The lowest BCUT2D eigenvalue weighted by atomic mass is 10.0. The minimum absolute atomic E-state index is 0.0753. The molecule has 1 aliphatic rings. The summed E-state index contributed by atoms with van der Waals surface area (Å²) >= 11 is 0. The topological polar surface area (TPSA) is 46.1 Å². The van der Waals surface area contributed by atoms with Crippen molar-refractivity contribution in [3.63, 3.8) is 0 Å². The number of ether oxygens (including phenoxy) is 2. The Bertz CT molecular complexity index is 774. The largest absolute Gasteiger partial charge is 0.377 e. The number of aryl methyl sites for hydroxylation is 1. The van der Waals surface area contributed by atoms with Gasteiger partial charge in [0.25, 0.3) is 0 Å². The number of nitrogens with zero attached hydrogens (tertiary/aromatic N) is 2. The molecule has 5 nitrogen and oxygen atoms in total. The number of aliphatic imine (C=N–C) groups is 1. The van der Waals surface area contributed by atoms with Gasteiger partial charge in [-0.25, -0.2) is 0 Å². The number of rotatable bonds is 6. The van der Waals surface area contributed by atoms with Crippen LogP contribution in [-0.2, 0) is 22.6 Å². The number of morpholine rings is 1. The zero-order chi connectivity index (χ0) is 19.8. The zero-order valence-corrected chi connectivity index (χ0v) is 17.1. The smallest absolute Gasteiger partial charge is 0.194 e. The van der Waals surface area contributed by atoms with Gasteiger partial charge < -0.3 is 19.7 Å². The number of guanidine groups is 1. The predicted octanol–water partition coefficient (Wildman–Crippen LogP) is 3.68. The van der Waals surface area contributed by atoms with Crippen LogP contribution < -0.4 is 5.32 Å². The summed E-state index contributed by atoms with van der Waals surface area (Å²) in [6.45, 7) is 8.65. The normalized spacial score (nSPS) is 17.6. The van der Waals surface area contributed by atoms with E-state index in [9.17, 15) is 0 Å². The number of benzene rings is 2. The van der Waals surface area contributed by atoms with E-state index in [2.05, 4.69) is 70.7 Å². The second kappa shape index (κ2) is 10.2. The summed E-state index contributed by atoms with van der Waals surface area (Å²) in [5, 5.41) is 3.49. The van der Waals surface area contributed by atoms with Crippen molar-refractivity contribution in [1.29, 1.82) is 0 Å². The summed E-state index contributed by atoms with van der Waals surface area (Å²) in [7, 11) is 1.84. The van der Waals surface area contributed by atoms with E-state index in [4.69, 9.17) is 9.47 Å². The second-order valence-corrected chi connectivity index (χ2v) is 7.02. The standard InChI is InChI=1S/C23H31N3O2/c1-4-27-17-20-11-9-19(10-12-20)15-25-23(24-3)26-13-14-28-22(16-26)21-8-6-5-7-18(21)2/h5-12,22H,4,13-17H2,1-3H3,(H,24,25). The molecule has 1 saturated heterocycles. The molecule has 28 heavy (non-hydrogen) atoms. The monoisotopic (exact) mass is 381 g/mol. The molecule has 1 atom stereocenters. The van der Waals surface area contributed by atoms with Crippen molar-refractivity contribution in [2.75, 3.05) is 33.4 Å². The van der Waals surface area contributed by atoms with E-state index >= 15 is 0 Å². The first-order chi connectivity index (χ1) is 13.7. The van der Waals surface area contributed by atoms with Gasteiger partial charge in [-0.15, -0.1) is 0 Å². The van der Waals surface area contributed by atoms with Crippen LogP contribution in [0.15, 0.2) is 53.5 Å². The SMILES string of the molecule is CCOCc1ccc(CNC(=NC)N2CCOC(c3ccccc3C)C2)cc1. The molecule has 1 unspecified atom stereocenters. The maximum absolute atomic E-state index is 6.04. The van der Waals surface area contributed by atoms with Gasteiger partial charge >= 0.3 is 0 Å². The van der Waals surface area contributed by atoms with Crippen LogP contribution in [0.3, 0.4) is 0 Å². The first kappa shape index (κ1) is 20.4. The first-order valence-corrected chi connectivity index (χ1v) is 9.99. The number of hydrogen-bond donors (Lipinski definition) is 1. The van der Waals surface area contributed by atoms with Crippen molar-refractivity contribution < 1.29 is 9.47 Å². The van der Waals surface area contributed by atoms with Gasteiger partial charge in [-0.2, -0.15) is 0 Å². The lowest BCUT2D eigenvalue weighted by molar-refractivity contribution is -0.00833. The third kappa shape index (κ3) is 5.33. The van der Waals surface area contributed by atoms with Crippen molar-refractivity contribution in [2.24, 2.45) is 4.99 Å². The second-order valence-electron chi connectivity index (χ2n) is 7.02. The molecule has 1 aliphatic heterocycles. The molecule has 0 bridgehead atoms. The maximum atomic E-state index is 6.04. The molecular weight excluding hydrogens is 350 g/mol. The van der Waals surface area contributed by atoms with Crippen molar-refractivity contribution in [1.82, 2.24) is 10.2 Å². The first-order valence-electron chi connectivity index (χ1n) is 9.99. The average Bonchev–Trinajstić information content (AvgIpc) is 2.74. The summed E-state index contributed by atoms with van der Waals surface area (Å²) in [6, 6.07) is 17.0. The van der Waals surface area contributed by atoms with Gasteiger partial charge in [0.15, 0.2) is 5.96 Å². The van der Waals surface area contributed by atoms with Crippen LogP contribution in [0.4, 0.5) is 0 Å². The number of nitrogens with one attached hydrogen (secondary N) is 1. The van der Waals surface area contributed by atoms with Crippen molar-refractivity contribution in [2.45, 2.75) is 33.1 Å². The fourth-order valence-electron chi connectivity index (χ4n) is 3.46. The summed E-state index contributed by atoms with van der Waals surface area (Å²) < 4.78 is 11.5. The van der Waals surface area contributed by atoms with Gasteiger partial charge in [-0.1, -0.05) is 48.5 Å². The molecule has 2 aromatic carbocycles. The molecule has 1 fully saturated rings. The van der Waals surface area contributed by atoms with E-state index < -0.39 is 0 Å². The Hall–Kier alpha value is -2.37. The minimum Gasteiger partial charge on any atom is -0.377 e. The van der Waals surface area contributed by atoms with Crippen molar-refractivity contribution in [3.05, 3.63) is 70.8 Å². The van der Waals surface area contributed by atoms with E-state index in [0.717, 1.165) is 32.2 Å². The summed E-state index contributed by atoms with van der Waals surface area (Å²) in [6.07, 6.45) is 0.0753. The quantitative estimate of drug-likeness (QED) is 0.612. The highest BCUT2D eigenvalue weighted by Crippen LogP contribution is 2.25. The van der Waals surface area contributed by atoms with Gasteiger partial charge in [0.2, 0.25) is 0 Å². The molecule has 1 N–H and O–H groups in total. The Kier molecular flexibility index (Phi) is 7.46. The molecule has 5 heteroatoms.